The topological polar surface area (TPSA) is 60.7 Å². The fraction of sp³-hybridized carbons (Fsp3) is 0.733. The third kappa shape index (κ3) is 14.3. The van der Waals surface area contributed by atoms with Crippen molar-refractivity contribution in [1.82, 2.24) is 0 Å². The smallest absolute Gasteiger partial charge is 0.0442 e. The van der Waals surface area contributed by atoms with Crippen molar-refractivity contribution in [3.63, 3.8) is 0 Å². The second kappa shape index (κ2) is 18.1. The van der Waals surface area contributed by atoms with Gasteiger partial charge in [0.05, 0.1) is 0 Å². The third-order valence-electron chi connectivity index (χ3n) is 2.54. The van der Waals surface area contributed by atoms with Crippen molar-refractivity contribution in [3.8, 4) is 0 Å². The van der Waals surface area contributed by atoms with Crippen LogP contribution in [0.25, 0.3) is 0 Å². The van der Waals surface area contributed by atoms with Gasteiger partial charge in [0.15, 0.2) is 0 Å². The van der Waals surface area contributed by atoms with Crippen molar-refractivity contribution in [2.75, 3.05) is 19.8 Å². The molecule has 0 amide bonds. The summed E-state index contributed by atoms with van der Waals surface area (Å²) in [5.41, 5.74) is 0.185. The fourth-order valence-corrected chi connectivity index (χ4v) is 1.72. The maximum Gasteiger partial charge on any atom is 0.0442 e. The molecular weight excluding hydrogens is 276 g/mol. The van der Waals surface area contributed by atoms with Gasteiger partial charge in [-0.05, 0) is 26.7 Å². The van der Waals surface area contributed by atoms with Gasteiger partial charge < -0.3 is 15.3 Å². The quantitative estimate of drug-likeness (QED) is 0.684. The van der Waals surface area contributed by atoms with E-state index in [1.54, 1.807) is 13.8 Å². The number of unbranched alkanes of at least 4 members (excludes halogenated alkanes) is 1. The molecule has 1 aliphatic rings. The molecule has 0 aliphatic heterocycles. The van der Waals surface area contributed by atoms with Crippen molar-refractivity contribution >= 4 is 0 Å². The standard InChI is InChI=1S/C11H18O.2C2H6O.Ti/c1-2-3-6-11(9-10-12)7-4-5-8-11;2*1-2-3;/h4-5,7-8,12H,2-3,6,9-10H2,1H3;2*3H,2H2,1H3;. The molecule has 0 saturated heterocycles. The average molecular weight is 306 g/mol. The summed E-state index contributed by atoms with van der Waals surface area (Å²) in [4.78, 5) is 0. The van der Waals surface area contributed by atoms with E-state index >= 15 is 0 Å². The minimum Gasteiger partial charge on any atom is -0.397 e. The van der Waals surface area contributed by atoms with E-state index in [0.717, 1.165) is 6.42 Å². The first-order valence-corrected chi connectivity index (χ1v) is 6.85. The zero-order valence-electron chi connectivity index (χ0n) is 12.6. The molecule has 0 aromatic carbocycles. The van der Waals surface area contributed by atoms with Gasteiger partial charge in [-0.15, -0.1) is 0 Å². The SMILES string of the molecule is CCCCC1(CCO)C=CC=C1.CCO.CCO.[Ti]. The van der Waals surface area contributed by atoms with Crippen LogP contribution in [0.4, 0.5) is 0 Å². The molecule has 0 heterocycles. The molecule has 0 fully saturated rings. The van der Waals surface area contributed by atoms with E-state index in [2.05, 4.69) is 31.2 Å². The number of hydrogen-bond donors (Lipinski definition) is 3. The Bertz CT molecular complexity index is 201. The number of allylic oxidation sites excluding steroid dienone is 4. The van der Waals surface area contributed by atoms with Gasteiger partial charge in [-0.1, -0.05) is 44.1 Å². The van der Waals surface area contributed by atoms with Gasteiger partial charge in [-0.3, -0.25) is 0 Å². The molecule has 1 rings (SSSR count). The van der Waals surface area contributed by atoms with Gasteiger partial charge >= 0.3 is 0 Å². The number of aliphatic hydroxyl groups is 3. The monoisotopic (exact) mass is 306 g/mol. The molecular formula is C15H30O3Ti. The molecule has 0 unspecified atom stereocenters. The maximum atomic E-state index is 8.92. The Morgan fingerprint density at radius 1 is 0.842 bits per heavy atom. The Kier molecular flexibility index (Phi) is 22.9. The summed E-state index contributed by atoms with van der Waals surface area (Å²) in [6.45, 7) is 6.35. The molecule has 4 heteroatoms. The van der Waals surface area contributed by atoms with Crippen molar-refractivity contribution in [3.05, 3.63) is 24.3 Å². The van der Waals surface area contributed by atoms with Crippen LogP contribution < -0.4 is 0 Å². The summed E-state index contributed by atoms with van der Waals surface area (Å²) < 4.78 is 0. The van der Waals surface area contributed by atoms with E-state index in [4.69, 9.17) is 15.3 Å². The predicted octanol–water partition coefficient (Wildman–Crippen LogP) is 2.67. The van der Waals surface area contributed by atoms with Crippen LogP contribution >= 0.6 is 0 Å². The van der Waals surface area contributed by atoms with Gasteiger partial charge in [0.25, 0.3) is 0 Å². The molecule has 3 nitrogen and oxygen atoms in total. The summed E-state index contributed by atoms with van der Waals surface area (Å²) in [6.07, 6.45) is 13.1. The van der Waals surface area contributed by atoms with Crippen LogP contribution in [0.2, 0.25) is 0 Å². The number of hydrogen-bond acceptors (Lipinski definition) is 3. The Morgan fingerprint density at radius 2 is 1.26 bits per heavy atom. The number of rotatable bonds is 5. The van der Waals surface area contributed by atoms with E-state index in [9.17, 15) is 0 Å². The maximum absolute atomic E-state index is 8.92. The van der Waals surface area contributed by atoms with Crippen LogP contribution in [-0.4, -0.2) is 35.1 Å². The van der Waals surface area contributed by atoms with Gasteiger partial charge in [0.1, 0.15) is 0 Å². The first-order chi connectivity index (χ1) is 8.66. The summed E-state index contributed by atoms with van der Waals surface area (Å²) in [6, 6.07) is 0. The Morgan fingerprint density at radius 3 is 1.58 bits per heavy atom. The molecule has 0 bridgehead atoms. The van der Waals surface area contributed by atoms with Crippen molar-refractivity contribution in [1.29, 1.82) is 0 Å². The largest absolute Gasteiger partial charge is 0.397 e. The summed E-state index contributed by atoms with van der Waals surface area (Å²) in [7, 11) is 0. The fourth-order valence-electron chi connectivity index (χ4n) is 1.72. The minimum atomic E-state index is 0. The molecule has 112 valence electrons. The summed E-state index contributed by atoms with van der Waals surface area (Å²) in [5.74, 6) is 0. The molecule has 0 atom stereocenters. The summed E-state index contributed by atoms with van der Waals surface area (Å²) in [5, 5.41) is 24.1. The molecule has 19 heavy (non-hydrogen) atoms. The molecule has 0 aromatic heterocycles. The van der Waals surface area contributed by atoms with Crippen molar-refractivity contribution < 1.29 is 37.0 Å². The molecule has 0 radical (unpaired) electrons. The van der Waals surface area contributed by atoms with E-state index < -0.39 is 0 Å². The Labute approximate surface area is 133 Å². The second-order valence-corrected chi connectivity index (χ2v) is 4.16. The molecule has 1 aliphatic carbocycles. The number of aliphatic hydroxyl groups excluding tert-OH is 3. The first-order valence-electron chi connectivity index (χ1n) is 6.85. The van der Waals surface area contributed by atoms with Crippen molar-refractivity contribution in [2.24, 2.45) is 5.41 Å². The Hall–Kier alpha value is 0.0743. The molecule has 0 saturated carbocycles. The zero-order valence-corrected chi connectivity index (χ0v) is 14.2. The second-order valence-electron chi connectivity index (χ2n) is 4.16. The zero-order chi connectivity index (χ0) is 14.3. The van der Waals surface area contributed by atoms with Crippen LogP contribution in [-0.2, 0) is 21.7 Å². The van der Waals surface area contributed by atoms with E-state index in [-0.39, 0.29) is 40.3 Å². The van der Waals surface area contributed by atoms with Crippen LogP contribution in [0.15, 0.2) is 24.3 Å². The van der Waals surface area contributed by atoms with Gasteiger partial charge in [-0.2, -0.15) is 0 Å². The molecule has 0 spiro atoms. The van der Waals surface area contributed by atoms with E-state index in [1.165, 1.54) is 19.3 Å². The minimum absolute atomic E-state index is 0. The average Bonchev–Trinajstić information content (AvgIpc) is 2.78. The summed E-state index contributed by atoms with van der Waals surface area (Å²) >= 11 is 0. The third-order valence-corrected chi connectivity index (χ3v) is 2.54. The van der Waals surface area contributed by atoms with E-state index in [0.29, 0.717) is 6.61 Å². The van der Waals surface area contributed by atoms with Crippen LogP contribution in [0, 0.1) is 5.41 Å². The molecule has 0 aromatic rings. The molecule has 3 N–H and O–H groups in total. The van der Waals surface area contributed by atoms with Crippen LogP contribution in [0.5, 0.6) is 0 Å². The first kappa shape index (κ1) is 24.1. The predicted molar refractivity (Wildman–Crippen MR) is 77.5 cm³/mol. The van der Waals surface area contributed by atoms with E-state index in [1.807, 2.05) is 0 Å². The van der Waals surface area contributed by atoms with Crippen LogP contribution in [0.3, 0.4) is 0 Å². The Balaban J connectivity index is -0.000000314. The van der Waals surface area contributed by atoms with Gasteiger partial charge in [-0.25, -0.2) is 0 Å². The van der Waals surface area contributed by atoms with Gasteiger partial charge in [0.2, 0.25) is 0 Å². The van der Waals surface area contributed by atoms with Gasteiger partial charge in [0, 0.05) is 47.0 Å². The normalized spacial score (nSPS) is 13.8. The van der Waals surface area contributed by atoms with Crippen molar-refractivity contribution in [2.45, 2.75) is 46.5 Å². The van der Waals surface area contributed by atoms with Crippen LogP contribution in [0.1, 0.15) is 46.5 Å².